The number of carbonyl (C=O) groups is 1. The number of amides is 1. The Morgan fingerprint density at radius 3 is 2.94 bits per heavy atom. The highest BCUT2D eigenvalue weighted by Gasteiger charge is 2.06. The Balaban J connectivity index is 1.93. The Labute approximate surface area is 97.4 Å². The van der Waals surface area contributed by atoms with Gasteiger partial charge in [-0.25, -0.2) is 4.68 Å². The molecule has 0 aliphatic heterocycles. The molecule has 2 heterocycles. The van der Waals surface area contributed by atoms with Crippen LogP contribution in [0.25, 0.3) is 0 Å². The summed E-state index contributed by atoms with van der Waals surface area (Å²) in [7, 11) is 1.78. The lowest BCUT2D eigenvalue weighted by atomic mass is 10.5. The molecular weight excluding hydrogens is 222 g/mol. The van der Waals surface area contributed by atoms with E-state index in [1.807, 2.05) is 0 Å². The molecule has 0 fully saturated rings. The minimum atomic E-state index is -0.188. The third-order valence-electron chi connectivity index (χ3n) is 2.09. The maximum absolute atomic E-state index is 11.6. The van der Waals surface area contributed by atoms with Crippen molar-refractivity contribution in [3.05, 3.63) is 24.3 Å². The van der Waals surface area contributed by atoms with Gasteiger partial charge in [0.1, 0.15) is 6.54 Å². The predicted molar refractivity (Wildman–Crippen MR) is 59.8 cm³/mol. The quantitative estimate of drug-likeness (QED) is 0.715. The van der Waals surface area contributed by atoms with Gasteiger partial charge in [-0.2, -0.15) is 5.10 Å². The lowest BCUT2D eigenvalue weighted by Gasteiger charge is -2.01. The Hall–Kier alpha value is -2.22. The molecular formula is C9H13N7O. The van der Waals surface area contributed by atoms with Gasteiger partial charge in [0.2, 0.25) is 5.91 Å². The standard InChI is InChI=1S/C9H13N7O/c1-15-4-8(3-11-15)12-9(17)6-16-5-7(2-10)13-14-16/h3-5H,2,6,10H2,1H3,(H,12,17). The first-order valence-corrected chi connectivity index (χ1v) is 5.05. The van der Waals surface area contributed by atoms with Crippen LogP contribution in [-0.4, -0.2) is 30.7 Å². The van der Waals surface area contributed by atoms with Gasteiger partial charge in [0.05, 0.1) is 23.8 Å². The molecule has 0 atom stereocenters. The van der Waals surface area contributed by atoms with Crippen molar-refractivity contribution in [3.63, 3.8) is 0 Å². The van der Waals surface area contributed by atoms with Crippen molar-refractivity contribution in [2.75, 3.05) is 5.32 Å². The van der Waals surface area contributed by atoms with E-state index in [1.165, 1.54) is 4.68 Å². The lowest BCUT2D eigenvalue weighted by Crippen LogP contribution is -2.18. The van der Waals surface area contributed by atoms with Gasteiger partial charge in [-0.3, -0.25) is 9.48 Å². The van der Waals surface area contributed by atoms with E-state index in [-0.39, 0.29) is 12.5 Å². The molecule has 90 valence electrons. The molecule has 17 heavy (non-hydrogen) atoms. The lowest BCUT2D eigenvalue weighted by molar-refractivity contribution is -0.116. The summed E-state index contributed by atoms with van der Waals surface area (Å²) in [5.41, 5.74) is 6.69. The molecule has 0 saturated heterocycles. The highest BCUT2D eigenvalue weighted by molar-refractivity contribution is 5.90. The monoisotopic (exact) mass is 235 g/mol. The molecule has 2 aromatic rings. The van der Waals surface area contributed by atoms with Crippen LogP contribution >= 0.6 is 0 Å². The second-order valence-electron chi connectivity index (χ2n) is 3.56. The van der Waals surface area contributed by atoms with Gasteiger partial charge in [0.25, 0.3) is 0 Å². The molecule has 0 radical (unpaired) electrons. The first-order chi connectivity index (χ1) is 8.17. The molecule has 8 nitrogen and oxygen atoms in total. The second kappa shape index (κ2) is 4.74. The Morgan fingerprint density at radius 1 is 1.53 bits per heavy atom. The Kier molecular flexibility index (Phi) is 3.15. The number of carbonyl (C=O) groups excluding carboxylic acids is 1. The van der Waals surface area contributed by atoms with Gasteiger partial charge in [-0.1, -0.05) is 5.21 Å². The van der Waals surface area contributed by atoms with Gasteiger partial charge in [-0.15, -0.1) is 5.10 Å². The van der Waals surface area contributed by atoms with Crippen LogP contribution in [0, 0.1) is 0 Å². The van der Waals surface area contributed by atoms with Crippen LogP contribution in [0.3, 0.4) is 0 Å². The van der Waals surface area contributed by atoms with Crippen LogP contribution in [0.2, 0.25) is 0 Å². The van der Waals surface area contributed by atoms with Crippen LogP contribution < -0.4 is 11.1 Å². The molecule has 0 aliphatic rings. The smallest absolute Gasteiger partial charge is 0.246 e. The number of rotatable bonds is 4. The van der Waals surface area contributed by atoms with E-state index in [0.717, 1.165) is 0 Å². The van der Waals surface area contributed by atoms with Crippen molar-refractivity contribution in [2.24, 2.45) is 12.8 Å². The minimum absolute atomic E-state index is 0.0991. The van der Waals surface area contributed by atoms with Gasteiger partial charge in [0.15, 0.2) is 0 Å². The van der Waals surface area contributed by atoms with E-state index in [1.54, 1.807) is 30.3 Å². The highest BCUT2D eigenvalue weighted by Crippen LogP contribution is 2.03. The normalized spacial score (nSPS) is 10.5. The van der Waals surface area contributed by atoms with Gasteiger partial charge in [0, 0.05) is 19.8 Å². The van der Waals surface area contributed by atoms with Crippen molar-refractivity contribution in [1.29, 1.82) is 0 Å². The van der Waals surface area contributed by atoms with E-state index in [4.69, 9.17) is 5.73 Å². The first kappa shape index (κ1) is 11.3. The molecule has 8 heteroatoms. The Morgan fingerprint density at radius 2 is 2.35 bits per heavy atom. The third kappa shape index (κ3) is 2.88. The van der Waals surface area contributed by atoms with E-state index >= 15 is 0 Å². The number of aromatic nitrogens is 5. The average molecular weight is 235 g/mol. The fraction of sp³-hybridized carbons (Fsp3) is 0.333. The fourth-order valence-electron chi connectivity index (χ4n) is 1.34. The predicted octanol–water partition coefficient (Wildman–Crippen LogP) is -0.891. The number of aryl methyl sites for hydroxylation is 1. The zero-order valence-corrected chi connectivity index (χ0v) is 9.37. The Bertz CT molecular complexity index is 515. The number of hydrogen-bond acceptors (Lipinski definition) is 5. The number of nitrogens with two attached hydrogens (primary N) is 1. The maximum atomic E-state index is 11.6. The average Bonchev–Trinajstić information content (AvgIpc) is 2.88. The summed E-state index contributed by atoms with van der Waals surface area (Å²) in [6.07, 6.45) is 4.93. The van der Waals surface area contributed by atoms with Crippen LogP contribution in [0.1, 0.15) is 5.69 Å². The van der Waals surface area contributed by atoms with E-state index in [9.17, 15) is 4.79 Å². The summed E-state index contributed by atoms with van der Waals surface area (Å²) in [4.78, 5) is 11.6. The minimum Gasteiger partial charge on any atom is -0.325 e. The third-order valence-corrected chi connectivity index (χ3v) is 2.09. The van der Waals surface area contributed by atoms with Crippen molar-refractivity contribution in [2.45, 2.75) is 13.1 Å². The zero-order chi connectivity index (χ0) is 12.3. The summed E-state index contributed by atoms with van der Waals surface area (Å²) in [6, 6.07) is 0. The molecule has 0 bridgehead atoms. The molecule has 0 spiro atoms. The van der Waals surface area contributed by atoms with Crippen LogP contribution in [-0.2, 0) is 24.9 Å². The summed E-state index contributed by atoms with van der Waals surface area (Å²) < 4.78 is 3.05. The molecule has 2 rings (SSSR count). The van der Waals surface area contributed by atoms with E-state index in [0.29, 0.717) is 17.9 Å². The van der Waals surface area contributed by atoms with Crippen molar-refractivity contribution in [3.8, 4) is 0 Å². The summed E-state index contributed by atoms with van der Waals surface area (Å²) >= 11 is 0. The number of nitrogens with one attached hydrogen (secondary N) is 1. The first-order valence-electron chi connectivity index (χ1n) is 5.05. The van der Waals surface area contributed by atoms with Gasteiger partial charge in [-0.05, 0) is 0 Å². The molecule has 0 aliphatic carbocycles. The fourth-order valence-corrected chi connectivity index (χ4v) is 1.34. The van der Waals surface area contributed by atoms with Crippen LogP contribution in [0.15, 0.2) is 18.6 Å². The molecule has 1 amide bonds. The number of anilines is 1. The van der Waals surface area contributed by atoms with E-state index in [2.05, 4.69) is 20.7 Å². The highest BCUT2D eigenvalue weighted by atomic mass is 16.2. The van der Waals surface area contributed by atoms with Crippen LogP contribution in [0.5, 0.6) is 0 Å². The SMILES string of the molecule is Cn1cc(NC(=O)Cn2cc(CN)nn2)cn1. The topological polar surface area (TPSA) is 104 Å². The second-order valence-corrected chi connectivity index (χ2v) is 3.56. The molecule has 0 aromatic carbocycles. The summed E-state index contributed by atoms with van der Waals surface area (Å²) in [6.45, 7) is 0.409. The zero-order valence-electron chi connectivity index (χ0n) is 9.37. The number of nitrogens with zero attached hydrogens (tertiary/aromatic N) is 5. The number of hydrogen-bond donors (Lipinski definition) is 2. The van der Waals surface area contributed by atoms with Crippen molar-refractivity contribution in [1.82, 2.24) is 24.8 Å². The van der Waals surface area contributed by atoms with Crippen molar-refractivity contribution >= 4 is 11.6 Å². The molecule has 3 N–H and O–H groups in total. The maximum Gasteiger partial charge on any atom is 0.246 e. The van der Waals surface area contributed by atoms with Crippen LogP contribution in [0.4, 0.5) is 5.69 Å². The summed E-state index contributed by atoms with van der Waals surface area (Å²) in [5, 5.41) is 14.2. The van der Waals surface area contributed by atoms with Crippen molar-refractivity contribution < 1.29 is 4.79 Å². The summed E-state index contributed by atoms with van der Waals surface area (Å²) in [5.74, 6) is -0.188. The van der Waals surface area contributed by atoms with Gasteiger partial charge < -0.3 is 11.1 Å². The molecule has 2 aromatic heterocycles. The molecule has 0 unspecified atom stereocenters. The van der Waals surface area contributed by atoms with E-state index < -0.39 is 0 Å². The largest absolute Gasteiger partial charge is 0.325 e. The molecule has 0 saturated carbocycles. The van der Waals surface area contributed by atoms with Gasteiger partial charge >= 0.3 is 0 Å².